The molecule has 0 N–H and O–H groups in total. The highest BCUT2D eigenvalue weighted by Crippen LogP contribution is 2.33. The highest BCUT2D eigenvalue weighted by atomic mass is 19.4. The molecule has 0 spiro atoms. The number of halogens is 3. The molecular weight excluding hydrogens is 305 g/mol. The average Bonchev–Trinajstić information content (AvgIpc) is 2.52. The van der Waals surface area contributed by atoms with Crippen molar-refractivity contribution in [3.63, 3.8) is 0 Å². The van der Waals surface area contributed by atoms with Crippen molar-refractivity contribution in [2.24, 2.45) is 0 Å². The third-order valence-electron chi connectivity index (χ3n) is 3.54. The van der Waals surface area contributed by atoms with Crippen molar-refractivity contribution in [3.05, 3.63) is 53.6 Å². The van der Waals surface area contributed by atoms with Crippen molar-refractivity contribution < 1.29 is 17.9 Å². The Kier molecular flexibility index (Phi) is 3.67. The lowest BCUT2D eigenvalue weighted by molar-refractivity contribution is -0.137. The number of aromatic nitrogens is 2. The van der Waals surface area contributed by atoms with Crippen molar-refractivity contribution in [2.75, 3.05) is 7.11 Å². The van der Waals surface area contributed by atoms with Gasteiger partial charge in [-0.05, 0) is 42.3 Å². The van der Waals surface area contributed by atoms with Crippen LogP contribution in [0.1, 0.15) is 11.1 Å². The first-order chi connectivity index (χ1) is 10.9. The number of alkyl halides is 3. The van der Waals surface area contributed by atoms with Gasteiger partial charge in [0.15, 0.2) is 0 Å². The van der Waals surface area contributed by atoms with Crippen LogP contribution in [-0.4, -0.2) is 17.3 Å². The molecule has 0 aliphatic carbocycles. The molecule has 3 nitrogen and oxygen atoms in total. The fraction of sp³-hybridized carbons (Fsp3) is 0.176. The Bertz CT molecular complexity index is 858. The summed E-state index contributed by atoms with van der Waals surface area (Å²) in [4.78, 5) is 0. The van der Waals surface area contributed by atoms with E-state index in [1.807, 2.05) is 19.1 Å². The number of nitrogens with zero attached hydrogens (tertiary/aromatic N) is 2. The van der Waals surface area contributed by atoms with Gasteiger partial charge < -0.3 is 4.74 Å². The summed E-state index contributed by atoms with van der Waals surface area (Å²) in [7, 11) is 1.50. The van der Waals surface area contributed by atoms with E-state index < -0.39 is 11.7 Å². The second kappa shape index (κ2) is 5.53. The molecule has 0 aliphatic rings. The summed E-state index contributed by atoms with van der Waals surface area (Å²) >= 11 is 0. The van der Waals surface area contributed by atoms with Crippen LogP contribution in [0.2, 0.25) is 0 Å². The molecule has 1 aromatic heterocycles. The summed E-state index contributed by atoms with van der Waals surface area (Å²) in [6.45, 7) is 1.92. The van der Waals surface area contributed by atoms with Gasteiger partial charge in [-0.2, -0.15) is 13.2 Å². The maximum Gasteiger partial charge on any atom is 0.416 e. The van der Waals surface area contributed by atoms with Crippen LogP contribution in [0, 0.1) is 6.92 Å². The summed E-state index contributed by atoms with van der Waals surface area (Å²) in [5.74, 6) is 0.390. The van der Waals surface area contributed by atoms with Crippen LogP contribution in [0.5, 0.6) is 5.88 Å². The lowest BCUT2D eigenvalue weighted by Gasteiger charge is -2.10. The van der Waals surface area contributed by atoms with E-state index in [1.54, 1.807) is 6.07 Å². The van der Waals surface area contributed by atoms with Crippen molar-refractivity contribution >= 4 is 10.9 Å². The van der Waals surface area contributed by atoms with Gasteiger partial charge in [-0.25, -0.2) is 0 Å². The minimum absolute atomic E-state index is 0.390. The van der Waals surface area contributed by atoms with E-state index >= 15 is 0 Å². The lowest BCUT2D eigenvalue weighted by atomic mass is 9.99. The molecule has 0 amide bonds. The van der Waals surface area contributed by atoms with E-state index in [1.165, 1.54) is 19.2 Å². The monoisotopic (exact) mass is 318 g/mol. The Hall–Kier alpha value is -2.63. The van der Waals surface area contributed by atoms with E-state index in [0.717, 1.165) is 28.6 Å². The van der Waals surface area contributed by atoms with Crippen LogP contribution < -0.4 is 4.74 Å². The van der Waals surface area contributed by atoms with Gasteiger partial charge in [0.2, 0.25) is 5.88 Å². The number of ether oxygens (including phenoxy) is 1. The van der Waals surface area contributed by atoms with Crippen molar-refractivity contribution in [3.8, 4) is 17.0 Å². The number of hydrogen-bond donors (Lipinski definition) is 0. The Balaban J connectivity index is 2.15. The number of hydrogen-bond acceptors (Lipinski definition) is 3. The first-order valence-electron chi connectivity index (χ1n) is 6.88. The Labute approximate surface area is 130 Å². The molecule has 0 fully saturated rings. The average molecular weight is 318 g/mol. The van der Waals surface area contributed by atoms with E-state index in [-0.39, 0.29) is 0 Å². The van der Waals surface area contributed by atoms with Crippen LogP contribution in [0.15, 0.2) is 42.5 Å². The van der Waals surface area contributed by atoms with Crippen molar-refractivity contribution in [1.82, 2.24) is 10.2 Å². The third kappa shape index (κ3) is 2.97. The van der Waals surface area contributed by atoms with Crippen LogP contribution in [0.25, 0.3) is 22.0 Å². The zero-order valence-corrected chi connectivity index (χ0v) is 12.5. The second-order valence-corrected chi connectivity index (χ2v) is 5.21. The molecule has 0 unspecified atom stereocenters. The van der Waals surface area contributed by atoms with Gasteiger partial charge in [-0.1, -0.05) is 12.1 Å². The molecule has 3 aromatic rings. The largest absolute Gasteiger partial charge is 0.480 e. The van der Waals surface area contributed by atoms with E-state index in [0.29, 0.717) is 17.0 Å². The molecule has 3 rings (SSSR count). The highest BCUT2D eigenvalue weighted by Gasteiger charge is 2.30. The first kappa shape index (κ1) is 15.3. The molecule has 2 aromatic carbocycles. The third-order valence-corrected chi connectivity index (χ3v) is 3.54. The first-order valence-corrected chi connectivity index (χ1v) is 6.88. The summed E-state index contributed by atoms with van der Waals surface area (Å²) in [5, 5.41) is 8.91. The smallest absolute Gasteiger partial charge is 0.416 e. The Morgan fingerprint density at radius 2 is 1.65 bits per heavy atom. The normalized spacial score (nSPS) is 11.7. The van der Waals surface area contributed by atoms with Gasteiger partial charge in [0.25, 0.3) is 0 Å². The fourth-order valence-electron chi connectivity index (χ4n) is 2.45. The summed E-state index contributed by atoms with van der Waals surface area (Å²) in [5.41, 5.74) is 2.32. The molecular formula is C17H13F3N2O. The molecule has 0 saturated carbocycles. The molecule has 0 aliphatic heterocycles. The summed E-state index contributed by atoms with van der Waals surface area (Å²) < 4.78 is 43.1. The summed E-state index contributed by atoms with van der Waals surface area (Å²) in [6.07, 6.45) is -4.35. The number of fused-ring (bicyclic) bond motifs is 1. The van der Waals surface area contributed by atoms with E-state index in [2.05, 4.69) is 10.2 Å². The topological polar surface area (TPSA) is 35.0 Å². The minimum atomic E-state index is -4.35. The van der Waals surface area contributed by atoms with Gasteiger partial charge >= 0.3 is 6.18 Å². The Morgan fingerprint density at radius 1 is 0.957 bits per heavy atom. The maximum absolute atomic E-state index is 12.7. The fourth-order valence-corrected chi connectivity index (χ4v) is 2.45. The molecule has 0 saturated heterocycles. The molecule has 6 heteroatoms. The Morgan fingerprint density at radius 3 is 2.26 bits per heavy atom. The number of rotatable bonds is 2. The van der Waals surface area contributed by atoms with Gasteiger partial charge in [0, 0.05) is 17.0 Å². The zero-order valence-electron chi connectivity index (χ0n) is 12.5. The molecule has 0 bridgehead atoms. The molecule has 118 valence electrons. The molecule has 0 atom stereocenters. The van der Waals surface area contributed by atoms with Gasteiger partial charge in [0.1, 0.15) is 5.52 Å². The van der Waals surface area contributed by atoms with Crippen molar-refractivity contribution in [2.45, 2.75) is 13.1 Å². The summed E-state index contributed by atoms with van der Waals surface area (Å²) in [6, 6.07) is 10.6. The SMILES string of the molecule is COc1cc2cc(C)cc(-c3ccc(C(F)(F)F)cc3)c2nn1. The number of benzene rings is 2. The van der Waals surface area contributed by atoms with Gasteiger partial charge in [0.05, 0.1) is 12.7 Å². The van der Waals surface area contributed by atoms with Crippen LogP contribution in [-0.2, 0) is 6.18 Å². The standard InChI is InChI=1S/C17H13F3N2O/c1-10-7-12-9-15(23-2)21-22-16(12)14(8-10)11-3-5-13(6-4-11)17(18,19)20/h3-9H,1-2H3. The lowest BCUT2D eigenvalue weighted by Crippen LogP contribution is -2.04. The molecule has 23 heavy (non-hydrogen) atoms. The predicted octanol–water partition coefficient (Wildman–Crippen LogP) is 4.63. The predicted molar refractivity (Wildman–Crippen MR) is 81.3 cm³/mol. The maximum atomic E-state index is 12.7. The quantitative estimate of drug-likeness (QED) is 0.691. The van der Waals surface area contributed by atoms with Crippen LogP contribution in [0.4, 0.5) is 13.2 Å². The second-order valence-electron chi connectivity index (χ2n) is 5.21. The van der Waals surface area contributed by atoms with E-state index in [4.69, 9.17) is 4.74 Å². The number of aryl methyl sites for hydroxylation is 1. The van der Waals surface area contributed by atoms with E-state index in [9.17, 15) is 13.2 Å². The number of methoxy groups -OCH3 is 1. The van der Waals surface area contributed by atoms with Crippen molar-refractivity contribution in [1.29, 1.82) is 0 Å². The zero-order chi connectivity index (χ0) is 16.6. The van der Waals surface area contributed by atoms with Gasteiger partial charge in [-0.15, -0.1) is 10.2 Å². The van der Waals surface area contributed by atoms with Crippen LogP contribution in [0.3, 0.4) is 0 Å². The minimum Gasteiger partial charge on any atom is -0.480 e. The molecule has 1 heterocycles. The van der Waals surface area contributed by atoms with Gasteiger partial charge in [-0.3, -0.25) is 0 Å². The van der Waals surface area contributed by atoms with Crippen LogP contribution >= 0.6 is 0 Å². The molecule has 0 radical (unpaired) electrons. The highest BCUT2D eigenvalue weighted by molar-refractivity contribution is 5.94.